The van der Waals surface area contributed by atoms with Crippen LogP contribution in [0.1, 0.15) is 63.4 Å². The van der Waals surface area contributed by atoms with Crippen LogP contribution in [0.3, 0.4) is 0 Å². The van der Waals surface area contributed by atoms with E-state index in [4.69, 9.17) is 16.3 Å². The third kappa shape index (κ3) is 5.55. The van der Waals surface area contributed by atoms with E-state index < -0.39 is 0 Å². The molecule has 1 aromatic carbocycles. The molecule has 5 nitrogen and oxygen atoms in total. The largest absolute Gasteiger partial charge is 0.376 e. The van der Waals surface area contributed by atoms with Crippen molar-refractivity contribution in [3.05, 3.63) is 34.9 Å². The van der Waals surface area contributed by atoms with Crippen LogP contribution in [0, 0.1) is 5.92 Å². The fourth-order valence-corrected chi connectivity index (χ4v) is 5.10. The minimum atomic E-state index is -0.341. The van der Waals surface area contributed by atoms with E-state index in [1.54, 1.807) is 0 Å². The zero-order chi connectivity index (χ0) is 21.0. The Hall–Kier alpha value is -1.59. The summed E-state index contributed by atoms with van der Waals surface area (Å²) >= 11 is 6.02. The molecule has 2 saturated heterocycles. The molecule has 30 heavy (non-hydrogen) atoms. The Bertz CT molecular complexity index is 743. The number of hydrogen-bond donors (Lipinski definition) is 1. The predicted molar refractivity (Wildman–Crippen MR) is 117 cm³/mol. The van der Waals surface area contributed by atoms with Gasteiger partial charge in [0.2, 0.25) is 11.8 Å². The molecule has 2 heterocycles. The smallest absolute Gasteiger partial charge is 0.222 e. The van der Waals surface area contributed by atoms with Gasteiger partial charge in [0.05, 0.1) is 6.10 Å². The first-order chi connectivity index (χ1) is 14.5. The third-order valence-corrected chi connectivity index (χ3v) is 7.26. The van der Waals surface area contributed by atoms with Gasteiger partial charge in [-0.05, 0) is 68.6 Å². The highest BCUT2D eigenvalue weighted by Gasteiger charge is 2.38. The normalized spacial score (nSPS) is 26.4. The molecular weight excluding hydrogens is 400 g/mol. The lowest BCUT2D eigenvalue weighted by atomic mass is 9.84. The Kier molecular flexibility index (Phi) is 6.99. The summed E-state index contributed by atoms with van der Waals surface area (Å²) in [6, 6.07) is 7.79. The Balaban J connectivity index is 1.39. The Morgan fingerprint density at radius 3 is 2.57 bits per heavy atom. The number of amides is 2. The second-order valence-corrected chi connectivity index (χ2v) is 9.80. The van der Waals surface area contributed by atoms with Gasteiger partial charge in [-0.1, -0.05) is 30.2 Å². The number of carbonyl (C=O) groups excluding carboxylic acids is 2. The Labute approximate surface area is 184 Å². The van der Waals surface area contributed by atoms with E-state index >= 15 is 0 Å². The summed E-state index contributed by atoms with van der Waals surface area (Å²) in [5.41, 5.74) is 0.798. The summed E-state index contributed by atoms with van der Waals surface area (Å²) in [5, 5.41) is 3.90. The summed E-state index contributed by atoms with van der Waals surface area (Å²) < 4.78 is 5.81. The van der Waals surface area contributed by atoms with Crippen LogP contribution in [0.15, 0.2) is 24.3 Å². The molecule has 3 fully saturated rings. The van der Waals surface area contributed by atoms with Gasteiger partial charge in [0.15, 0.2) is 0 Å². The second kappa shape index (κ2) is 9.69. The average molecular weight is 433 g/mol. The first-order valence-electron chi connectivity index (χ1n) is 11.5. The monoisotopic (exact) mass is 432 g/mol. The molecule has 0 spiro atoms. The van der Waals surface area contributed by atoms with E-state index in [2.05, 4.69) is 5.32 Å². The molecule has 4 rings (SSSR count). The molecule has 0 aromatic heterocycles. The number of hydrogen-bond acceptors (Lipinski definition) is 3. The molecule has 2 atom stereocenters. The molecule has 1 saturated carbocycles. The van der Waals surface area contributed by atoms with Crippen LogP contribution < -0.4 is 5.32 Å². The molecular formula is C24H33ClN2O3. The molecule has 3 aliphatic rings. The van der Waals surface area contributed by atoms with Crippen LogP contribution in [0.2, 0.25) is 5.02 Å². The average Bonchev–Trinajstić information content (AvgIpc) is 3.34. The van der Waals surface area contributed by atoms with E-state index in [9.17, 15) is 9.59 Å². The second-order valence-electron chi connectivity index (χ2n) is 9.36. The molecule has 1 N–H and O–H groups in total. The number of ether oxygens (including phenoxy) is 1. The number of rotatable bonds is 9. The number of benzene rings is 1. The van der Waals surface area contributed by atoms with Crippen molar-refractivity contribution in [3.63, 3.8) is 0 Å². The highest BCUT2D eigenvalue weighted by molar-refractivity contribution is 6.30. The lowest BCUT2D eigenvalue weighted by Gasteiger charge is -2.35. The van der Waals surface area contributed by atoms with E-state index in [1.807, 2.05) is 29.2 Å². The van der Waals surface area contributed by atoms with Crippen LogP contribution in [-0.2, 0) is 20.7 Å². The molecule has 1 aliphatic carbocycles. The van der Waals surface area contributed by atoms with Gasteiger partial charge in [-0.15, -0.1) is 0 Å². The first kappa shape index (κ1) is 21.6. The maximum atomic E-state index is 13.2. The highest BCUT2D eigenvalue weighted by atomic mass is 35.5. The highest BCUT2D eigenvalue weighted by Crippen LogP contribution is 2.32. The molecule has 0 unspecified atom stereocenters. The van der Waals surface area contributed by atoms with Crippen LogP contribution in [0.4, 0.5) is 0 Å². The molecule has 6 heteroatoms. The van der Waals surface area contributed by atoms with Gasteiger partial charge in [-0.25, -0.2) is 0 Å². The number of carbonyl (C=O) groups is 2. The zero-order valence-corrected chi connectivity index (χ0v) is 18.5. The maximum Gasteiger partial charge on any atom is 0.222 e. The lowest BCUT2D eigenvalue weighted by molar-refractivity contribution is -0.134. The van der Waals surface area contributed by atoms with Gasteiger partial charge in [-0.2, -0.15) is 0 Å². The molecule has 2 aliphatic heterocycles. The van der Waals surface area contributed by atoms with Crippen molar-refractivity contribution >= 4 is 23.4 Å². The summed E-state index contributed by atoms with van der Waals surface area (Å²) in [6.07, 6.45) is 9.23. The van der Waals surface area contributed by atoms with Crippen molar-refractivity contribution in [2.75, 3.05) is 19.7 Å². The molecule has 164 valence electrons. The first-order valence-corrected chi connectivity index (χ1v) is 11.8. The lowest BCUT2D eigenvalue weighted by Crippen LogP contribution is -2.46. The van der Waals surface area contributed by atoms with E-state index in [0.29, 0.717) is 36.7 Å². The topological polar surface area (TPSA) is 58.6 Å². The number of halogens is 1. The standard InChI is InChI=1S/C24H33ClN2O3/c25-20-8-6-18(7-9-20)15-24(12-10-22(28)26-24)13-11-23(29)27(16-19-3-1-4-19)17-21-5-2-14-30-21/h6-9,19,21H,1-5,10-17H2,(H,26,28)/t21-,24+/m1/s1. The predicted octanol–water partition coefficient (Wildman–Crippen LogP) is 4.12. The van der Waals surface area contributed by atoms with Gasteiger partial charge in [0, 0.05) is 43.1 Å². The van der Waals surface area contributed by atoms with Crippen LogP contribution in [0.25, 0.3) is 0 Å². The van der Waals surface area contributed by atoms with Gasteiger partial charge >= 0.3 is 0 Å². The maximum absolute atomic E-state index is 13.2. The summed E-state index contributed by atoms with van der Waals surface area (Å²) in [5.74, 6) is 0.931. The van der Waals surface area contributed by atoms with Crippen molar-refractivity contribution in [1.82, 2.24) is 10.2 Å². The Morgan fingerprint density at radius 2 is 1.97 bits per heavy atom. The summed E-state index contributed by atoms with van der Waals surface area (Å²) in [7, 11) is 0. The van der Waals surface area contributed by atoms with Crippen LogP contribution in [-0.4, -0.2) is 48.1 Å². The van der Waals surface area contributed by atoms with Gasteiger partial charge < -0.3 is 15.0 Å². The third-order valence-electron chi connectivity index (χ3n) is 7.01. The fourth-order valence-electron chi connectivity index (χ4n) is 4.98. The van der Waals surface area contributed by atoms with Crippen molar-refractivity contribution in [2.24, 2.45) is 5.92 Å². The van der Waals surface area contributed by atoms with Crippen molar-refractivity contribution in [1.29, 1.82) is 0 Å². The molecule has 0 radical (unpaired) electrons. The van der Waals surface area contributed by atoms with Gasteiger partial charge in [0.1, 0.15) is 0 Å². The number of nitrogens with one attached hydrogen (secondary N) is 1. The van der Waals surface area contributed by atoms with Gasteiger partial charge in [-0.3, -0.25) is 9.59 Å². The quantitative estimate of drug-likeness (QED) is 0.638. The molecule has 0 bridgehead atoms. The van der Waals surface area contributed by atoms with Crippen molar-refractivity contribution in [3.8, 4) is 0 Å². The van der Waals surface area contributed by atoms with E-state index in [-0.39, 0.29) is 23.5 Å². The summed E-state index contributed by atoms with van der Waals surface area (Å²) in [4.78, 5) is 27.3. The minimum Gasteiger partial charge on any atom is -0.376 e. The minimum absolute atomic E-state index is 0.0853. The zero-order valence-electron chi connectivity index (χ0n) is 17.7. The molecule has 2 amide bonds. The number of nitrogens with zero attached hydrogens (tertiary/aromatic N) is 1. The van der Waals surface area contributed by atoms with Crippen molar-refractivity contribution < 1.29 is 14.3 Å². The van der Waals surface area contributed by atoms with Crippen LogP contribution >= 0.6 is 11.6 Å². The van der Waals surface area contributed by atoms with E-state index in [0.717, 1.165) is 44.4 Å². The van der Waals surface area contributed by atoms with E-state index in [1.165, 1.54) is 19.3 Å². The van der Waals surface area contributed by atoms with Gasteiger partial charge in [0.25, 0.3) is 0 Å². The SMILES string of the molecule is O=C1CC[C@](CCC(=O)N(CC2CCC2)C[C@H]2CCCO2)(Cc2ccc(Cl)cc2)N1. The fraction of sp³-hybridized carbons (Fsp3) is 0.667. The molecule has 1 aromatic rings. The Morgan fingerprint density at radius 1 is 1.17 bits per heavy atom. The van der Waals surface area contributed by atoms with Crippen LogP contribution in [0.5, 0.6) is 0 Å². The summed E-state index contributed by atoms with van der Waals surface area (Å²) in [6.45, 7) is 2.38. The van der Waals surface area contributed by atoms with Crippen molar-refractivity contribution in [2.45, 2.75) is 75.9 Å².